The number of halogens is 1. The Morgan fingerprint density at radius 3 is 2.57 bits per heavy atom. The van der Waals surface area contributed by atoms with E-state index in [2.05, 4.69) is 14.9 Å². The molecule has 0 atom stereocenters. The first kappa shape index (κ1) is 20.6. The molecule has 0 bridgehead atoms. The first-order chi connectivity index (χ1) is 13.2. The Morgan fingerprint density at radius 2 is 2.00 bits per heavy atom. The van der Waals surface area contributed by atoms with Gasteiger partial charge in [-0.3, -0.25) is 9.89 Å². The van der Waals surface area contributed by atoms with E-state index in [4.69, 9.17) is 16.3 Å². The van der Waals surface area contributed by atoms with Crippen LogP contribution in [0.1, 0.15) is 34.6 Å². The Morgan fingerprint density at radius 1 is 1.32 bits per heavy atom. The van der Waals surface area contributed by atoms with Crippen LogP contribution in [-0.4, -0.2) is 55.7 Å². The molecule has 0 spiro atoms. The van der Waals surface area contributed by atoms with Crippen LogP contribution in [0.15, 0.2) is 23.1 Å². The lowest BCUT2D eigenvalue weighted by molar-refractivity contribution is 0.0708. The van der Waals surface area contributed by atoms with E-state index in [-0.39, 0.29) is 16.8 Å². The van der Waals surface area contributed by atoms with Crippen molar-refractivity contribution in [2.75, 3.05) is 20.2 Å². The average Bonchev–Trinajstić information content (AvgIpc) is 3.00. The van der Waals surface area contributed by atoms with Crippen LogP contribution in [0.4, 0.5) is 0 Å². The van der Waals surface area contributed by atoms with Gasteiger partial charge in [-0.1, -0.05) is 11.6 Å². The number of ether oxygens (including phenoxy) is 1. The lowest BCUT2D eigenvalue weighted by Gasteiger charge is -2.32. The van der Waals surface area contributed by atoms with Gasteiger partial charge in [0.1, 0.15) is 10.6 Å². The number of hydrogen-bond acceptors (Lipinski definition) is 5. The number of hydrogen-bond donors (Lipinski definition) is 2. The van der Waals surface area contributed by atoms with Crippen molar-refractivity contribution >= 4 is 27.5 Å². The summed E-state index contributed by atoms with van der Waals surface area (Å²) in [6.07, 6.45) is 1.04. The van der Waals surface area contributed by atoms with E-state index >= 15 is 0 Å². The first-order valence-electron chi connectivity index (χ1n) is 8.89. The monoisotopic (exact) mass is 426 g/mol. The predicted molar refractivity (Wildman–Crippen MR) is 105 cm³/mol. The van der Waals surface area contributed by atoms with Crippen molar-refractivity contribution in [2.24, 2.45) is 0 Å². The summed E-state index contributed by atoms with van der Waals surface area (Å²) in [7, 11) is -2.17. The van der Waals surface area contributed by atoms with Crippen molar-refractivity contribution in [2.45, 2.75) is 37.6 Å². The predicted octanol–water partition coefficient (Wildman–Crippen LogP) is 2.27. The van der Waals surface area contributed by atoms with E-state index < -0.39 is 10.0 Å². The summed E-state index contributed by atoms with van der Waals surface area (Å²) in [5.41, 5.74) is 1.34. The van der Waals surface area contributed by atoms with E-state index in [1.807, 2.05) is 0 Å². The molecule has 1 fully saturated rings. The molecule has 1 aliphatic rings. The van der Waals surface area contributed by atoms with Crippen molar-refractivity contribution in [3.8, 4) is 5.75 Å². The zero-order valence-electron chi connectivity index (χ0n) is 16.0. The summed E-state index contributed by atoms with van der Waals surface area (Å²) in [6.45, 7) is 4.20. The van der Waals surface area contributed by atoms with Gasteiger partial charge in [0.25, 0.3) is 5.91 Å². The molecule has 2 N–H and O–H groups in total. The third-order valence-electron chi connectivity index (χ3n) is 4.83. The molecule has 1 aromatic heterocycles. The SMILES string of the molecule is COc1ccc(Cl)cc1C(=O)N1CCC(NS(=O)(=O)c2c(C)n[nH]c2C)CC1. The van der Waals surface area contributed by atoms with E-state index in [9.17, 15) is 13.2 Å². The number of carbonyl (C=O) groups is 1. The number of likely N-dealkylation sites (tertiary alicyclic amines) is 1. The topological polar surface area (TPSA) is 104 Å². The van der Waals surface area contributed by atoms with Gasteiger partial charge in [0.05, 0.1) is 24.1 Å². The second-order valence-electron chi connectivity index (χ2n) is 6.80. The second-order valence-corrected chi connectivity index (χ2v) is 8.88. The van der Waals surface area contributed by atoms with Crippen LogP contribution < -0.4 is 9.46 Å². The van der Waals surface area contributed by atoms with Gasteiger partial charge >= 0.3 is 0 Å². The molecule has 8 nitrogen and oxygen atoms in total. The minimum atomic E-state index is -3.67. The van der Waals surface area contributed by atoms with Gasteiger partial charge in [-0.25, -0.2) is 13.1 Å². The highest BCUT2D eigenvalue weighted by Gasteiger charge is 2.30. The number of rotatable bonds is 5. The summed E-state index contributed by atoms with van der Waals surface area (Å²) in [6, 6.07) is 4.66. The van der Waals surface area contributed by atoms with Gasteiger partial charge in [-0.15, -0.1) is 0 Å². The van der Waals surface area contributed by atoms with E-state index in [0.717, 1.165) is 0 Å². The molecule has 3 rings (SSSR count). The van der Waals surface area contributed by atoms with Crippen molar-refractivity contribution < 1.29 is 17.9 Å². The Balaban J connectivity index is 1.67. The Hall–Kier alpha value is -2.10. The van der Waals surface area contributed by atoms with Crippen molar-refractivity contribution in [3.63, 3.8) is 0 Å². The molecule has 1 aliphatic heterocycles. The quantitative estimate of drug-likeness (QED) is 0.763. The molecular formula is C18H23ClN4O4S. The number of aromatic amines is 1. The van der Waals surface area contributed by atoms with Crippen LogP contribution in [0.3, 0.4) is 0 Å². The van der Waals surface area contributed by atoms with E-state index in [1.54, 1.807) is 36.9 Å². The van der Waals surface area contributed by atoms with Gasteiger partial charge in [0.2, 0.25) is 10.0 Å². The molecule has 1 amide bonds. The van der Waals surface area contributed by atoms with Crippen LogP contribution in [0, 0.1) is 13.8 Å². The van der Waals surface area contributed by atoms with Gasteiger partial charge in [-0.05, 0) is 44.9 Å². The summed E-state index contributed by atoms with van der Waals surface area (Å²) in [5.74, 6) is 0.283. The fourth-order valence-electron chi connectivity index (χ4n) is 3.43. The second kappa shape index (κ2) is 8.10. The molecule has 28 heavy (non-hydrogen) atoms. The number of benzene rings is 1. The fourth-order valence-corrected chi connectivity index (χ4v) is 5.28. The third kappa shape index (κ3) is 4.16. The molecule has 2 heterocycles. The Kier molecular flexibility index (Phi) is 5.97. The van der Waals surface area contributed by atoms with Crippen LogP contribution in [0.25, 0.3) is 0 Å². The van der Waals surface area contributed by atoms with Crippen molar-refractivity contribution in [1.29, 1.82) is 0 Å². The summed E-state index contributed by atoms with van der Waals surface area (Å²) < 4.78 is 33.4. The number of piperidine rings is 1. The number of nitrogens with one attached hydrogen (secondary N) is 2. The number of methoxy groups -OCH3 is 1. The molecule has 0 saturated carbocycles. The van der Waals surface area contributed by atoms with Crippen molar-refractivity contribution in [1.82, 2.24) is 19.8 Å². The number of amides is 1. The van der Waals surface area contributed by atoms with Crippen LogP contribution in [0.2, 0.25) is 5.02 Å². The fraction of sp³-hybridized carbons (Fsp3) is 0.444. The molecule has 2 aromatic rings. The molecule has 0 aliphatic carbocycles. The maximum Gasteiger partial charge on any atom is 0.257 e. The van der Waals surface area contributed by atoms with Gasteiger partial charge in [0, 0.05) is 24.2 Å². The van der Waals surface area contributed by atoms with Gasteiger partial charge in [-0.2, -0.15) is 5.10 Å². The molecule has 1 aromatic carbocycles. The van der Waals surface area contributed by atoms with Crippen molar-refractivity contribution in [3.05, 3.63) is 40.2 Å². The lowest BCUT2D eigenvalue weighted by atomic mass is 10.0. The molecule has 10 heteroatoms. The zero-order chi connectivity index (χ0) is 20.5. The number of aryl methyl sites for hydroxylation is 2. The highest BCUT2D eigenvalue weighted by molar-refractivity contribution is 7.89. The largest absolute Gasteiger partial charge is 0.496 e. The van der Waals surface area contributed by atoms with Crippen LogP contribution >= 0.6 is 11.6 Å². The Labute approximate surface area is 169 Å². The minimum Gasteiger partial charge on any atom is -0.496 e. The van der Waals surface area contributed by atoms with E-state index in [0.29, 0.717) is 53.7 Å². The third-order valence-corrected chi connectivity index (χ3v) is 6.84. The van der Waals surface area contributed by atoms with Crippen LogP contribution in [-0.2, 0) is 10.0 Å². The molecule has 0 unspecified atom stereocenters. The molecule has 1 saturated heterocycles. The number of carbonyl (C=O) groups excluding carboxylic acids is 1. The zero-order valence-corrected chi connectivity index (χ0v) is 17.5. The summed E-state index contributed by atoms with van der Waals surface area (Å²) in [4.78, 5) is 14.7. The maximum absolute atomic E-state index is 12.8. The lowest BCUT2D eigenvalue weighted by Crippen LogP contribution is -2.46. The maximum atomic E-state index is 12.8. The summed E-state index contributed by atoms with van der Waals surface area (Å²) in [5, 5.41) is 7.10. The summed E-state index contributed by atoms with van der Waals surface area (Å²) >= 11 is 6.02. The number of aromatic nitrogens is 2. The minimum absolute atomic E-state index is 0.179. The smallest absolute Gasteiger partial charge is 0.257 e. The first-order valence-corrected chi connectivity index (χ1v) is 10.8. The Bertz CT molecular complexity index is 962. The number of nitrogens with zero attached hydrogens (tertiary/aromatic N) is 2. The van der Waals surface area contributed by atoms with Crippen LogP contribution in [0.5, 0.6) is 5.75 Å². The molecule has 152 valence electrons. The molecular weight excluding hydrogens is 404 g/mol. The molecule has 0 radical (unpaired) electrons. The highest BCUT2D eigenvalue weighted by atomic mass is 35.5. The number of H-pyrrole nitrogens is 1. The average molecular weight is 427 g/mol. The van der Waals surface area contributed by atoms with Gasteiger partial charge < -0.3 is 9.64 Å². The van der Waals surface area contributed by atoms with E-state index in [1.165, 1.54) is 7.11 Å². The normalized spacial score (nSPS) is 15.6. The van der Waals surface area contributed by atoms with Gasteiger partial charge in [0.15, 0.2) is 0 Å². The highest BCUT2D eigenvalue weighted by Crippen LogP contribution is 2.26. The standard InChI is InChI=1S/C18H23ClN4O4S/c1-11-17(12(2)21-20-11)28(25,26)22-14-6-8-23(9-7-14)18(24)15-10-13(19)4-5-16(15)27-3/h4-5,10,14,22H,6-9H2,1-3H3,(H,20,21). The number of sulfonamides is 1.